The second kappa shape index (κ2) is 6.96. The lowest BCUT2D eigenvalue weighted by molar-refractivity contribution is 0.228. The van der Waals surface area contributed by atoms with Crippen molar-refractivity contribution in [1.29, 1.82) is 0 Å². The number of nitrogens with two attached hydrogens (primary N) is 1. The largest absolute Gasteiger partial charge is 0.409 e. The van der Waals surface area contributed by atoms with E-state index in [2.05, 4.69) is 22.0 Å². The van der Waals surface area contributed by atoms with Crippen LogP contribution in [0, 0.1) is 6.92 Å². The smallest absolute Gasteiger partial charge is 0.156 e. The maximum atomic E-state index is 8.81. The summed E-state index contributed by atoms with van der Waals surface area (Å²) in [5.74, 6) is 0.256. The van der Waals surface area contributed by atoms with Crippen LogP contribution in [0.25, 0.3) is 0 Å². The molecule has 0 aromatic carbocycles. The Morgan fingerprint density at radius 1 is 1.50 bits per heavy atom. The molecule has 1 rings (SSSR count). The van der Waals surface area contributed by atoms with Crippen molar-refractivity contribution in [2.75, 3.05) is 6.54 Å². The van der Waals surface area contributed by atoms with Crippen molar-refractivity contribution < 1.29 is 5.21 Å². The molecule has 0 saturated heterocycles. The van der Waals surface area contributed by atoms with Crippen LogP contribution in [0.1, 0.15) is 31.7 Å². The van der Waals surface area contributed by atoms with Crippen molar-refractivity contribution in [2.24, 2.45) is 10.9 Å². The molecule has 100 valence electrons. The summed E-state index contributed by atoms with van der Waals surface area (Å²) < 4.78 is 0. The topological polar surface area (TPSA) is 74.7 Å². The molecule has 0 aliphatic carbocycles. The molecule has 0 radical (unpaired) electrons. The molecule has 3 N–H and O–H groups in total. The molecule has 0 aliphatic heterocycles. The van der Waals surface area contributed by atoms with Gasteiger partial charge in [-0.15, -0.1) is 0 Å². The van der Waals surface area contributed by atoms with E-state index in [1.807, 2.05) is 32.0 Å². The standard InChI is InChI=1S/C13H22N4O/c1-4-12(13(14)16-18)17(5-2)9-11-8-6-7-10(3)15-11/h6-8,12,18H,4-5,9H2,1-3H3,(H2,14,16). The van der Waals surface area contributed by atoms with Gasteiger partial charge in [-0.05, 0) is 32.0 Å². The van der Waals surface area contributed by atoms with Gasteiger partial charge in [-0.25, -0.2) is 0 Å². The number of rotatable bonds is 6. The first-order valence-electron chi connectivity index (χ1n) is 6.26. The van der Waals surface area contributed by atoms with Crippen LogP contribution in [0.3, 0.4) is 0 Å². The molecule has 0 aliphatic rings. The molecule has 0 saturated carbocycles. The first-order valence-corrected chi connectivity index (χ1v) is 6.26. The van der Waals surface area contributed by atoms with E-state index in [1.165, 1.54) is 0 Å². The molecule has 5 nitrogen and oxygen atoms in total. The molecule has 1 unspecified atom stereocenters. The van der Waals surface area contributed by atoms with Gasteiger partial charge in [0.15, 0.2) is 5.84 Å². The first-order chi connectivity index (χ1) is 8.62. The normalized spacial score (nSPS) is 13.9. The summed E-state index contributed by atoms with van der Waals surface area (Å²) in [5, 5.41) is 11.9. The van der Waals surface area contributed by atoms with Gasteiger partial charge in [-0.3, -0.25) is 9.88 Å². The molecule has 1 aromatic heterocycles. The van der Waals surface area contributed by atoms with E-state index in [0.717, 1.165) is 24.4 Å². The van der Waals surface area contributed by atoms with Gasteiger partial charge in [-0.1, -0.05) is 25.1 Å². The lowest BCUT2D eigenvalue weighted by atomic mass is 10.1. The van der Waals surface area contributed by atoms with Gasteiger partial charge in [0.2, 0.25) is 0 Å². The van der Waals surface area contributed by atoms with Crippen LogP contribution < -0.4 is 5.73 Å². The number of pyridine rings is 1. The van der Waals surface area contributed by atoms with Crippen molar-refractivity contribution in [3.63, 3.8) is 0 Å². The van der Waals surface area contributed by atoms with Crippen LogP contribution in [0.5, 0.6) is 0 Å². The first kappa shape index (κ1) is 14.4. The molecule has 1 aromatic rings. The summed E-state index contributed by atoms with van der Waals surface area (Å²) in [6.07, 6.45) is 0.801. The molecule has 0 spiro atoms. The number of amidine groups is 1. The zero-order chi connectivity index (χ0) is 13.5. The highest BCUT2D eigenvalue weighted by Gasteiger charge is 2.20. The van der Waals surface area contributed by atoms with Crippen LogP contribution in [0.15, 0.2) is 23.4 Å². The van der Waals surface area contributed by atoms with E-state index in [0.29, 0.717) is 6.54 Å². The third kappa shape index (κ3) is 3.70. The lowest BCUT2D eigenvalue weighted by Gasteiger charge is -2.28. The summed E-state index contributed by atoms with van der Waals surface area (Å²) in [6.45, 7) is 7.58. The summed E-state index contributed by atoms with van der Waals surface area (Å²) in [7, 11) is 0. The Bertz CT molecular complexity index is 406. The predicted octanol–water partition coefficient (Wildman–Crippen LogP) is 1.74. The SMILES string of the molecule is CCC(C(N)=NO)N(CC)Cc1cccc(C)n1. The van der Waals surface area contributed by atoms with Crippen molar-refractivity contribution in [1.82, 2.24) is 9.88 Å². The minimum absolute atomic E-state index is 0.0534. The van der Waals surface area contributed by atoms with Crippen molar-refractivity contribution in [2.45, 2.75) is 39.8 Å². The second-order valence-corrected chi connectivity index (χ2v) is 4.28. The molecular weight excluding hydrogens is 228 g/mol. The van der Waals surface area contributed by atoms with Gasteiger partial charge in [0.1, 0.15) is 0 Å². The number of hydrogen-bond donors (Lipinski definition) is 2. The zero-order valence-corrected chi connectivity index (χ0v) is 11.3. The number of likely N-dealkylation sites (N-methyl/N-ethyl adjacent to an activating group) is 1. The highest BCUT2D eigenvalue weighted by atomic mass is 16.4. The Morgan fingerprint density at radius 2 is 2.22 bits per heavy atom. The van der Waals surface area contributed by atoms with Gasteiger partial charge < -0.3 is 10.9 Å². The molecule has 18 heavy (non-hydrogen) atoms. The molecule has 5 heteroatoms. The number of aryl methyl sites for hydroxylation is 1. The highest BCUT2D eigenvalue weighted by molar-refractivity contribution is 5.85. The lowest BCUT2D eigenvalue weighted by Crippen LogP contribution is -2.44. The van der Waals surface area contributed by atoms with E-state index in [4.69, 9.17) is 10.9 Å². The fourth-order valence-corrected chi connectivity index (χ4v) is 2.06. The van der Waals surface area contributed by atoms with Crippen LogP contribution in [-0.2, 0) is 6.54 Å². The quantitative estimate of drug-likeness (QED) is 0.349. The number of nitrogens with zero attached hydrogens (tertiary/aromatic N) is 3. The average molecular weight is 250 g/mol. The maximum absolute atomic E-state index is 8.81. The van der Waals surface area contributed by atoms with Gasteiger partial charge in [0.25, 0.3) is 0 Å². The molecule has 0 bridgehead atoms. The summed E-state index contributed by atoms with van der Waals surface area (Å²) in [5.41, 5.74) is 7.73. The van der Waals surface area contributed by atoms with E-state index >= 15 is 0 Å². The van der Waals surface area contributed by atoms with E-state index in [1.54, 1.807) is 0 Å². The molecular formula is C13H22N4O. The summed E-state index contributed by atoms with van der Waals surface area (Å²) in [4.78, 5) is 6.63. The van der Waals surface area contributed by atoms with Crippen LogP contribution in [0.2, 0.25) is 0 Å². The Morgan fingerprint density at radius 3 is 2.72 bits per heavy atom. The fraction of sp³-hybridized carbons (Fsp3) is 0.538. The van der Waals surface area contributed by atoms with Crippen molar-refractivity contribution >= 4 is 5.84 Å². The highest BCUT2D eigenvalue weighted by Crippen LogP contribution is 2.10. The van der Waals surface area contributed by atoms with Crippen molar-refractivity contribution in [3.8, 4) is 0 Å². The minimum Gasteiger partial charge on any atom is -0.409 e. The third-order valence-electron chi connectivity index (χ3n) is 3.00. The number of oxime groups is 1. The average Bonchev–Trinajstić information content (AvgIpc) is 2.38. The number of hydrogen-bond acceptors (Lipinski definition) is 4. The minimum atomic E-state index is -0.0534. The maximum Gasteiger partial charge on any atom is 0.156 e. The predicted molar refractivity (Wildman–Crippen MR) is 72.5 cm³/mol. The fourth-order valence-electron chi connectivity index (χ4n) is 2.06. The van der Waals surface area contributed by atoms with E-state index in [9.17, 15) is 0 Å². The Hall–Kier alpha value is -1.62. The van der Waals surface area contributed by atoms with Gasteiger partial charge in [-0.2, -0.15) is 0 Å². The van der Waals surface area contributed by atoms with Gasteiger partial charge >= 0.3 is 0 Å². The van der Waals surface area contributed by atoms with Crippen molar-refractivity contribution in [3.05, 3.63) is 29.6 Å². The third-order valence-corrected chi connectivity index (χ3v) is 3.00. The summed E-state index contributed by atoms with van der Waals surface area (Å²) >= 11 is 0. The van der Waals surface area contributed by atoms with Crippen LogP contribution in [-0.4, -0.2) is 33.5 Å². The second-order valence-electron chi connectivity index (χ2n) is 4.28. The van der Waals surface area contributed by atoms with E-state index < -0.39 is 0 Å². The zero-order valence-electron chi connectivity index (χ0n) is 11.3. The van der Waals surface area contributed by atoms with Gasteiger partial charge in [0, 0.05) is 12.2 Å². The number of aromatic nitrogens is 1. The Labute approximate surface area is 108 Å². The van der Waals surface area contributed by atoms with Gasteiger partial charge in [0.05, 0.1) is 11.7 Å². The molecule has 0 amide bonds. The van der Waals surface area contributed by atoms with Crippen LogP contribution in [0.4, 0.5) is 0 Å². The van der Waals surface area contributed by atoms with Crippen LogP contribution >= 0.6 is 0 Å². The molecule has 1 atom stereocenters. The summed E-state index contributed by atoms with van der Waals surface area (Å²) in [6, 6.07) is 5.91. The molecule has 1 heterocycles. The van der Waals surface area contributed by atoms with E-state index in [-0.39, 0.29) is 11.9 Å². The molecule has 0 fully saturated rings. The monoisotopic (exact) mass is 250 g/mol. The Balaban J connectivity index is 2.83. The Kier molecular flexibility index (Phi) is 5.58.